The summed E-state index contributed by atoms with van der Waals surface area (Å²) < 4.78 is 5.11. The Bertz CT molecular complexity index is 567. The number of guanidine groups is 1. The molecule has 1 saturated heterocycles. The van der Waals surface area contributed by atoms with Crippen LogP contribution in [0.15, 0.2) is 29.3 Å². The first-order valence-electron chi connectivity index (χ1n) is 9.28. The van der Waals surface area contributed by atoms with Gasteiger partial charge >= 0.3 is 0 Å². The molecule has 0 unspecified atom stereocenters. The molecule has 2 rings (SSSR count). The van der Waals surface area contributed by atoms with Gasteiger partial charge in [-0.05, 0) is 32.1 Å². The summed E-state index contributed by atoms with van der Waals surface area (Å²) in [7, 11) is 5.72. The number of para-hydroxylation sites is 1. The number of ether oxygens (including phenoxy) is 1. The summed E-state index contributed by atoms with van der Waals surface area (Å²) in [5.74, 6) is 0.989. The number of aliphatic imine (C=N–C) groups is 1. The van der Waals surface area contributed by atoms with Crippen LogP contribution in [0.25, 0.3) is 0 Å². The van der Waals surface area contributed by atoms with Crippen LogP contribution in [0, 0.1) is 0 Å². The summed E-state index contributed by atoms with van der Waals surface area (Å²) in [6, 6.07) is 8.05. The number of rotatable bonds is 8. The van der Waals surface area contributed by atoms with E-state index in [1.807, 2.05) is 25.2 Å². The lowest BCUT2D eigenvalue weighted by Crippen LogP contribution is -2.52. The maximum absolute atomic E-state index is 6.32. The number of methoxy groups -OCH3 is 1. The van der Waals surface area contributed by atoms with Gasteiger partial charge in [0.1, 0.15) is 0 Å². The van der Waals surface area contributed by atoms with Gasteiger partial charge in [0.25, 0.3) is 0 Å². The zero-order valence-electron chi connectivity index (χ0n) is 16.7. The Balaban J connectivity index is 0.00000364. The van der Waals surface area contributed by atoms with Gasteiger partial charge in [-0.2, -0.15) is 0 Å². The molecule has 0 aliphatic carbocycles. The van der Waals surface area contributed by atoms with Crippen molar-refractivity contribution in [2.75, 3.05) is 78.5 Å². The van der Waals surface area contributed by atoms with E-state index in [-0.39, 0.29) is 24.0 Å². The molecule has 1 aliphatic rings. The number of benzene rings is 1. The van der Waals surface area contributed by atoms with E-state index in [9.17, 15) is 0 Å². The zero-order chi connectivity index (χ0) is 18.8. The van der Waals surface area contributed by atoms with Crippen LogP contribution in [-0.2, 0) is 4.74 Å². The lowest BCUT2D eigenvalue weighted by Gasteiger charge is -2.38. The van der Waals surface area contributed by atoms with E-state index in [1.165, 1.54) is 0 Å². The predicted molar refractivity (Wildman–Crippen MR) is 126 cm³/mol. The summed E-state index contributed by atoms with van der Waals surface area (Å²) in [6.45, 7) is 7.50. The van der Waals surface area contributed by atoms with Crippen LogP contribution in [0.4, 0.5) is 5.69 Å². The molecule has 1 fully saturated rings. The minimum absolute atomic E-state index is 0. The molecule has 0 saturated carbocycles. The highest BCUT2D eigenvalue weighted by Gasteiger charge is 2.20. The Hall–Kier alpha value is -0.770. The van der Waals surface area contributed by atoms with Gasteiger partial charge in [0.2, 0.25) is 0 Å². The third-order valence-electron chi connectivity index (χ3n) is 4.66. The highest BCUT2D eigenvalue weighted by molar-refractivity contribution is 14.0. The third kappa shape index (κ3) is 8.01. The Morgan fingerprint density at radius 3 is 2.56 bits per heavy atom. The summed E-state index contributed by atoms with van der Waals surface area (Å²) in [5.41, 5.74) is 1.12. The average molecular weight is 510 g/mol. The van der Waals surface area contributed by atoms with Crippen molar-refractivity contribution in [1.29, 1.82) is 0 Å². The SMILES string of the molecule is CN=C(NCCCN(C)CCOC)N1CCN(c2ccccc2Cl)CC1.I. The summed E-state index contributed by atoms with van der Waals surface area (Å²) in [6.07, 6.45) is 1.08. The van der Waals surface area contributed by atoms with Crippen molar-refractivity contribution in [2.24, 2.45) is 4.99 Å². The van der Waals surface area contributed by atoms with Crippen LogP contribution >= 0.6 is 35.6 Å². The number of piperazine rings is 1. The average Bonchev–Trinajstić information content (AvgIpc) is 2.67. The fraction of sp³-hybridized carbons (Fsp3) is 0.632. The van der Waals surface area contributed by atoms with Crippen molar-refractivity contribution in [1.82, 2.24) is 15.1 Å². The quantitative estimate of drug-likeness (QED) is 0.253. The number of halogens is 2. The van der Waals surface area contributed by atoms with Crippen molar-refractivity contribution in [3.63, 3.8) is 0 Å². The van der Waals surface area contributed by atoms with Gasteiger partial charge in [0.15, 0.2) is 5.96 Å². The van der Waals surface area contributed by atoms with Crippen molar-refractivity contribution < 1.29 is 4.74 Å². The van der Waals surface area contributed by atoms with E-state index >= 15 is 0 Å². The number of nitrogens with zero attached hydrogens (tertiary/aromatic N) is 4. The van der Waals surface area contributed by atoms with Crippen LogP contribution in [0.3, 0.4) is 0 Å². The number of anilines is 1. The van der Waals surface area contributed by atoms with Gasteiger partial charge in [0, 0.05) is 53.4 Å². The molecule has 6 nitrogen and oxygen atoms in total. The molecule has 1 heterocycles. The summed E-state index contributed by atoms with van der Waals surface area (Å²) in [4.78, 5) is 11.4. The van der Waals surface area contributed by atoms with Crippen LogP contribution in [0.2, 0.25) is 5.02 Å². The highest BCUT2D eigenvalue weighted by atomic mass is 127. The largest absolute Gasteiger partial charge is 0.383 e. The van der Waals surface area contributed by atoms with Crippen molar-refractivity contribution in [2.45, 2.75) is 6.42 Å². The first-order chi connectivity index (χ1) is 12.7. The molecule has 0 atom stereocenters. The lowest BCUT2D eigenvalue weighted by molar-refractivity contribution is 0.161. The minimum Gasteiger partial charge on any atom is -0.383 e. The van der Waals surface area contributed by atoms with Crippen molar-refractivity contribution >= 4 is 47.2 Å². The number of likely N-dealkylation sites (N-methyl/N-ethyl adjacent to an activating group) is 1. The summed E-state index contributed by atoms with van der Waals surface area (Å²) >= 11 is 6.32. The fourth-order valence-corrected chi connectivity index (χ4v) is 3.36. The second kappa shape index (κ2) is 13.4. The molecule has 154 valence electrons. The maximum Gasteiger partial charge on any atom is 0.193 e. The molecule has 1 aliphatic heterocycles. The van der Waals surface area contributed by atoms with Crippen molar-refractivity contribution in [3.05, 3.63) is 29.3 Å². The topological polar surface area (TPSA) is 43.3 Å². The Kier molecular flexibility index (Phi) is 12.1. The fourth-order valence-electron chi connectivity index (χ4n) is 3.11. The molecule has 1 aromatic carbocycles. The Labute approximate surface area is 185 Å². The van der Waals surface area contributed by atoms with Gasteiger partial charge < -0.3 is 24.8 Å². The van der Waals surface area contributed by atoms with Gasteiger partial charge in [-0.15, -0.1) is 24.0 Å². The second-order valence-electron chi connectivity index (χ2n) is 6.55. The molecule has 27 heavy (non-hydrogen) atoms. The lowest BCUT2D eigenvalue weighted by atomic mass is 10.2. The molecule has 0 spiro atoms. The van der Waals surface area contributed by atoms with Gasteiger partial charge in [0.05, 0.1) is 17.3 Å². The smallest absolute Gasteiger partial charge is 0.193 e. The molecule has 8 heteroatoms. The van der Waals surface area contributed by atoms with Crippen LogP contribution < -0.4 is 10.2 Å². The number of hydrogen-bond acceptors (Lipinski definition) is 4. The zero-order valence-corrected chi connectivity index (χ0v) is 19.7. The summed E-state index contributed by atoms with van der Waals surface area (Å²) in [5, 5.41) is 4.31. The Morgan fingerprint density at radius 2 is 1.93 bits per heavy atom. The first-order valence-corrected chi connectivity index (χ1v) is 9.66. The standard InChI is InChI=1S/C19H32ClN5O.HI/c1-21-19(22-9-6-10-23(2)15-16-26-3)25-13-11-24(12-14-25)18-8-5-4-7-17(18)20;/h4-5,7-8H,6,9-16H2,1-3H3,(H,21,22);1H. The van der Waals surface area contributed by atoms with Crippen LogP contribution in [0.1, 0.15) is 6.42 Å². The first kappa shape index (κ1) is 24.3. The monoisotopic (exact) mass is 509 g/mol. The third-order valence-corrected chi connectivity index (χ3v) is 4.98. The highest BCUT2D eigenvalue weighted by Crippen LogP contribution is 2.25. The van der Waals surface area contributed by atoms with Crippen molar-refractivity contribution in [3.8, 4) is 0 Å². The predicted octanol–water partition coefficient (Wildman–Crippen LogP) is 2.62. The number of hydrogen-bond donors (Lipinski definition) is 1. The normalized spacial score (nSPS) is 15.1. The molecule has 1 N–H and O–H groups in total. The van der Waals surface area contributed by atoms with E-state index in [0.29, 0.717) is 0 Å². The van der Waals surface area contributed by atoms with E-state index in [1.54, 1.807) is 7.11 Å². The maximum atomic E-state index is 6.32. The van der Waals surface area contributed by atoms with Gasteiger partial charge in [-0.25, -0.2) is 0 Å². The molecule has 0 bridgehead atoms. The minimum atomic E-state index is 0. The van der Waals surface area contributed by atoms with Gasteiger partial charge in [-0.1, -0.05) is 23.7 Å². The molecule has 0 radical (unpaired) electrons. The van der Waals surface area contributed by atoms with Gasteiger partial charge in [-0.3, -0.25) is 4.99 Å². The molecular formula is C19H33ClIN5O. The van der Waals surface area contributed by atoms with E-state index < -0.39 is 0 Å². The molecule has 0 amide bonds. The van der Waals surface area contributed by atoms with E-state index in [2.05, 4.69) is 38.1 Å². The molecule has 1 aromatic rings. The Morgan fingerprint density at radius 1 is 1.22 bits per heavy atom. The van der Waals surface area contributed by atoms with Crippen LogP contribution in [-0.4, -0.2) is 89.4 Å². The van der Waals surface area contributed by atoms with E-state index in [0.717, 1.165) is 75.5 Å². The van der Waals surface area contributed by atoms with E-state index in [4.69, 9.17) is 16.3 Å². The second-order valence-corrected chi connectivity index (χ2v) is 6.96. The van der Waals surface area contributed by atoms with Crippen LogP contribution in [0.5, 0.6) is 0 Å². The number of nitrogens with one attached hydrogen (secondary N) is 1. The molecule has 0 aromatic heterocycles. The molecular weight excluding hydrogens is 477 g/mol.